The SMILES string of the molecule is COc1cc(C(=O)N2CCC(c3ccc(N)nn3)CC2)ccc1-c1ccc(OC2CC2)nc1. The van der Waals surface area contributed by atoms with Crippen molar-refractivity contribution < 1.29 is 14.3 Å². The predicted molar refractivity (Wildman–Crippen MR) is 124 cm³/mol. The number of carbonyl (C=O) groups is 1. The minimum atomic E-state index is 0.00740. The van der Waals surface area contributed by atoms with Gasteiger partial charge in [-0.3, -0.25) is 4.79 Å². The van der Waals surface area contributed by atoms with E-state index >= 15 is 0 Å². The zero-order valence-corrected chi connectivity index (χ0v) is 18.6. The summed E-state index contributed by atoms with van der Waals surface area (Å²) < 4.78 is 11.3. The number of piperidine rings is 1. The molecule has 1 amide bonds. The number of methoxy groups -OCH3 is 1. The van der Waals surface area contributed by atoms with Gasteiger partial charge in [-0.15, -0.1) is 5.10 Å². The van der Waals surface area contributed by atoms with E-state index in [2.05, 4.69) is 15.2 Å². The molecule has 8 heteroatoms. The van der Waals surface area contributed by atoms with Crippen molar-refractivity contribution in [3.63, 3.8) is 0 Å². The molecule has 8 nitrogen and oxygen atoms in total. The summed E-state index contributed by atoms with van der Waals surface area (Å²) in [6.07, 6.45) is 5.98. The number of carbonyl (C=O) groups excluding carboxylic acids is 1. The summed E-state index contributed by atoms with van der Waals surface area (Å²) in [6.45, 7) is 1.35. The highest BCUT2D eigenvalue weighted by Crippen LogP contribution is 2.33. The van der Waals surface area contributed by atoms with Crippen molar-refractivity contribution in [2.45, 2.75) is 37.7 Å². The Morgan fingerprint density at radius 1 is 1.03 bits per heavy atom. The van der Waals surface area contributed by atoms with Crippen LogP contribution in [-0.2, 0) is 0 Å². The van der Waals surface area contributed by atoms with Crippen LogP contribution in [0.4, 0.5) is 5.82 Å². The van der Waals surface area contributed by atoms with Gasteiger partial charge in [0, 0.05) is 48.0 Å². The molecule has 1 aliphatic carbocycles. The normalized spacial score (nSPS) is 16.5. The third kappa shape index (κ3) is 4.74. The lowest BCUT2D eigenvalue weighted by Gasteiger charge is -2.31. The van der Waals surface area contributed by atoms with Gasteiger partial charge in [-0.2, -0.15) is 5.10 Å². The Bertz CT molecular complexity index is 1120. The number of amides is 1. The number of anilines is 1. The number of hydrogen-bond donors (Lipinski definition) is 1. The summed E-state index contributed by atoms with van der Waals surface area (Å²) in [5.74, 6) is 2.00. The number of pyridine rings is 1. The molecule has 0 radical (unpaired) electrons. The van der Waals surface area contributed by atoms with Gasteiger partial charge < -0.3 is 20.1 Å². The van der Waals surface area contributed by atoms with E-state index in [0.29, 0.717) is 48.1 Å². The molecule has 1 aliphatic heterocycles. The molecule has 2 aromatic heterocycles. The van der Waals surface area contributed by atoms with Gasteiger partial charge in [0.2, 0.25) is 5.88 Å². The second-order valence-corrected chi connectivity index (χ2v) is 8.57. The van der Waals surface area contributed by atoms with Crippen molar-refractivity contribution in [2.24, 2.45) is 0 Å². The first-order chi connectivity index (χ1) is 16.1. The summed E-state index contributed by atoms with van der Waals surface area (Å²) in [5.41, 5.74) is 8.99. The standard InChI is InChI=1S/C25H27N5O3/c1-32-22-14-17(2-6-20(22)18-3-9-24(27-15-18)33-19-4-5-19)25(31)30-12-10-16(11-13-30)21-7-8-23(26)29-28-21/h2-3,6-9,14-16,19H,4-5,10-13H2,1H3,(H2,26,29). The van der Waals surface area contributed by atoms with Gasteiger partial charge in [-0.25, -0.2) is 4.98 Å². The highest BCUT2D eigenvalue weighted by atomic mass is 16.5. The second kappa shape index (κ2) is 9.05. The number of ether oxygens (including phenoxy) is 2. The Morgan fingerprint density at radius 3 is 2.48 bits per heavy atom. The van der Waals surface area contributed by atoms with Crippen LogP contribution in [0.3, 0.4) is 0 Å². The Morgan fingerprint density at radius 2 is 1.85 bits per heavy atom. The first-order valence-electron chi connectivity index (χ1n) is 11.3. The van der Waals surface area contributed by atoms with E-state index in [0.717, 1.165) is 42.5 Å². The third-order valence-corrected chi connectivity index (χ3v) is 6.21. The number of benzene rings is 1. The van der Waals surface area contributed by atoms with Crippen LogP contribution in [0, 0.1) is 0 Å². The number of nitrogens with two attached hydrogens (primary N) is 1. The molecule has 0 unspecified atom stereocenters. The number of aromatic nitrogens is 3. The van der Waals surface area contributed by atoms with E-state index < -0.39 is 0 Å². The van der Waals surface area contributed by atoms with Crippen LogP contribution >= 0.6 is 0 Å². The fraction of sp³-hybridized carbons (Fsp3) is 0.360. The predicted octanol–water partition coefficient (Wildman–Crippen LogP) is 3.69. The molecular weight excluding hydrogens is 418 g/mol. The van der Waals surface area contributed by atoms with Crippen LogP contribution in [0.2, 0.25) is 0 Å². The van der Waals surface area contributed by atoms with Crippen LogP contribution < -0.4 is 15.2 Å². The zero-order chi connectivity index (χ0) is 22.8. The number of nitrogen functional groups attached to an aromatic ring is 1. The van der Waals surface area contributed by atoms with Crippen molar-refractivity contribution >= 4 is 11.7 Å². The quantitative estimate of drug-likeness (QED) is 0.617. The van der Waals surface area contributed by atoms with E-state index in [9.17, 15) is 4.79 Å². The molecule has 3 heterocycles. The maximum Gasteiger partial charge on any atom is 0.253 e. The molecule has 2 N–H and O–H groups in total. The minimum Gasteiger partial charge on any atom is -0.496 e. The van der Waals surface area contributed by atoms with Gasteiger partial charge in [-0.1, -0.05) is 0 Å². The first-order valence-corrected chi connectivity index (χ1v) is 11.3. The van der Waals surface area contributed by atoms with Crippen LogP contribution in [0.25, 0.3) is 11.1 Å². The van der Waals surface area contributed by atoms with E-state index in [-0.39, 0.29) is 5.91 Å². The monoisotopic (exact) mass is 445 g/mol. The molecule has 0 atom stereocenters. The zero-order valence-electron chi connectivity index (χ0n) is 18.6. The van der Waals surface area contributed by atoms with Gasteiger partial charge in [0.25, 0.3) is 5.91 Å². The Kier molecular flexibility index (Phi) is 5.81. The van der Waals surface area contributed by atoms with Gasteiger partial charge >= 0.3 is 0 Å². The molecule has 33 heavy (non-hydrogen) atoms. The van der Waals surface area contributed by atoms with E-state index in [1.807, 2.05) is 41.3 Å². The molecule has 2 aliphatic rings. The van der Waals surface area contributed by atoms with Crippen LogP contribution in [0.15, 0.2) is 48.7 Å². The van der Waals surface area contributed by atoms with Crippen molar-refractivity contribution in [3.8, 4) is 22.8 Å². The fourth-order valence-electron chi connectivity index (χ4n) is 4.16. The average molecular weight is 446 g/mol. The van der Waals surface area contributed by atoms with Crippen LogP contribution in [-0.4, -0.2) is 52.3 Å². The molecular formula is C25H27N5O3. The smallest absolute Gasteiger partial charge is 0.253 e. The Balaban J connectivity index is 1.26. The molecule has 0 spiro atoms. The summed E-state index contributed by atoms with van der Waals surface area (Å²) in [4.78, 5) is 19.5. The molecule has 1 saturated carbocycles. The molecule has 1 saturated heterocycles. The van der Waals surface area contributed by atoms with E-state index in [1.54, 1.807) is 19.4 Å². The maximum atomic E-state index is 13.2. The third-order valence-electron chi connectivity index (χ3n) is 6.21. The molecule has 5 rings (SSSR count). The summed E-state index contributed by atoms with van der Waals surface area (Å²) in [6, 6.07) is 13.1. The molecule has 3 aromatic rings. The molecule has 2 fully saturated rings. The topological polar surface area (TPSA) is 103 Å². The second-order valence-electron chi connectivity index (χ2n) is 8.57. The Labute approximate surface area is 192 Å². The summed E-state index contributed by atoms with van der Waals surface area (Å²) >= 11 is 0. The van der Waals surface area contributed by atoms with Gasteiger partial charge in [0.05, 0.1) is 12.8 Å². The minimum absolute atomic E-state index is 0.00740. The van der Waals surface area contributed by atoms with Crippen LogP contribution in [0.5, 0.6) is 11.6 Å². The lowest BCUT2D eigenvalue weighted by atomic mass is 9.93. The summed E-state index contributed by atoms with van der Waals surface area (Å²) in [5, 5.41) is 8.16. The van der Waals surface area contributed by atoms with Crippen molar-refractivity contribution in [3.05, 3.63) is 59.9 Å². The number of nitrogens with zero attached hydrogens (tertiary/aromatic N) is 4. The van der Waals surface area contributed by atoms with E-state index in [1.165, 1.54) is 0 Å². The average Bonchev–Trinajstić information content (AvgIpc) is 3.68. The maximum absolute atomic E-state index is 13.2. The largest absolute Gasteiger partial charge is 0.496 e. The van der Waals surface area contributed by atoms with Crippen molar-refractivity contribution in [1.82, 2.24) is 20.1 Å². The molecule has 170 valence electrons. The fourth-order valence-corrected chi connectivity index (χ4v) is 4.16. The van der Waals surface area contributed by atoms with Crippen molar-refractivity contribution in [2.75, 3.05) is 25.9 Å². The van der Waals surface area contributed by atoms with Crippen molar-refractivity contribution in [1.29, 1.82) is 0 Å². The summed E-state index contributed by atoms with van der Waals surface area (Å²) in [7, 11) is 1.62. The highest BCUT2D eigenvalue weighted by Gasteiger charge is 2.26. The number of hydrogen-bond acceptors (Lipinski definition) is 7. The highest BCUT2D eigenvalue weighted by molar-refractivity contribution is 5.95. The number of rotatable bonds is 6. The van der Waals surface area contributed by atoms with Gasteiger partial charge in [-0.05, 0) is 62.1 Å². The molecule has 1 aromatic carbocycles. The lowest BCUT2D eigenvalue weighted by molar-refractivity contribution is 0.0711. The molecule has 0 bridgehead atoms. The van der Waals surface area contributed by atoms with Gasteiger partial charge in [0.1, 0.15) is 17.7 Å². The number of likely N-dealkylation sites (tertiary alicyclic amines) is 1. The van der Waals surface area contributed by atoms with Crippen LogP contribution in [0.1, 0.15) is 47.7 Å². The lowest BCUT2D eigenvalue weighted by Crippen LogP contribution is -2.38. The first kappa shape index (κ1) is 21.2. The Hall–Kier alpha value is -3.68. The van der Waals surface area contributed by atoms with E-state index in [4.69, 9.17) is 15.2 Å². The van der Waals surface area contributed by atoms with Gasteiger partial charge in [0.15, 0.2) is 0 Å².